The summed E-state index contributed by atoms with van der Waals surface area (Å²) in [7, 11) is -3.97. The number of amides is 2. The van der Waals surface area contributed by atoms with Crippen molar-refractivity contribution in [2.45, 2.75) is 38.1 Å². The summed E-state index contributed by atoms with van der Waals surface area (Å²) in [5.74, 6) is -0.394. The first-order valence-corrected chi connectivity index (χ1v) is 13.5. The minimum Gasteiger partial charge on any atom is -0.325 e. The molecule has 0 spiro atoms. The van der Waals surface area contributed by atoms with Gasteiger partial charge in [0.25, 0.3) is 0 Å². The molecule has 0 bridgehead atoms. The van der Waals surface area contributed by atoms with E-state index in [1.54, 1.807) is 66.4 Å². The Balaban J connectivity index is 1.59. The van der Waals surface area contributed by atoms with Crippen molar-refractivity contribution in [1.29, 1.82) is 0 Å². The lowest BCUT2D eigenvalue weighted by Gasteiger charge is -2.23. The molecule has 0 saturated carbocycles. The van der Waals surface area contributed by atoms with Gasteiger partial charge >= 0.3 is 0 Å². The van der Waals surface area contributed by atoms with Gasteiger partial charge in [0.1, 0.15) is 0 Å². The maximum absolute atomic E-state index is 13.5. The first-order chi connectivity index (χ1) is 17.1. The Hall–Kier alpha value is -3.20. The number of anilines is 2. The molecule has 4 rings (SSSR count). The molecule has 0 aromatic heterocycles. The highest BCUT2D eigenvalue weighted by Gasteiger charge is 2.28. The lowest BCUT2D eigenvalue weighted by atomic mass is 10.2. The van der Waals surface area contributed by atoms with Crippen LogP contribution in [0.2, 0.25) is 5.02 Å². The van der Waals surface area contributed by atoms with Crippen molar-refractivity contribution in [1.82, 2.24) is 4.31 Å². The van der Waals surface area contributed by atoms with Crippen LogP contribution in [0.4, 0.5) is 11.4 Å². The molecule has 188 valence electrons. The number of halogens is 1. The number of benzene rings is 3. The Labute approximate surface area is 216 Å². The quantitative estimate of drug-likeness (QED) is 0.452. The van der Waals surface area contributed by atoms with Crippen LogP contribution in [0.3, 0.4) is 0 Å². The first-order valence-electron chi connectivity index (χ1n) is 11.7. The van der Waals surface area contributed by atoms with Crippen molar-refractivity contribution in [2.24, 2.45) is 0 Å². The number of carbonyl (C=O) groups excluding carboxylic acids is 2. The minimum atomic E-state index is -3.97. The fourth-order valence-corrected chi connectivity index (χ4v) is 5.64. The average Bonchev–Trinajstić information content (AvgIpc) is 3.28. The number of hydrogen-bond donors (Lipinski definition) is 1. The molecule has 0 atom stereocenters. The van der Waals surface area contributed by atoms with E-state index in [1.165, 1.54) is 0 Å². The lowest BCUT2D eigenvalue weighted by Crippen LogP contribution is -2.37. The fourth-order valence-electron chi connectivity index (χ4n) is 4.08. The van der Waals surface area contributed by atoms with Crippen LogP contribution in [0.15, 0.2) is 71.6 Å². The summed E-state index contributed by atoms with van der Waals surface area (Å²) >= 11 is 6.16. The molecule has 2 amide bonds. The second kappa shape index (κ2) is 10.8. The largest absolute Gasteiger partial charge is 0.325 e. The van der Waals surface area contributed by atoms with Gasteiger partial charge in [0, 0.05) is 35.9 Å². The molecule has 7 nitrogen and oxygen atoms in total. The number of aryl methyl sites for hydroxylation is 1. The second-order valence-corrected chi connectivity index (χ2v) is 11.2. The van der Waals surface area contributed by atoms with Crippen molar-refractivity contribution in [2.75, 3.05) is 23.3 Å². The van der Waals surface area contributed by atoms with Gasteiger partial charge in [-0.15, -0.1) is 0 Å². The van der Waals surface area contributed by atoms with E-state index in [-0.39, 0.29) is 23.9 Å². The zero-order chi connectivity index (χ0) is 25.9. The van der Waals surface area contributed by atoms with E-state index in [1.807, 2.05) is 19.1 Å². The van der Waals surface area contributed by atoms with Crippen LogP contribution < -0.4 is 10.2 Å². The average molecular weight is 526 g/mol. The van der Waals surface area contributed by atoms with Gasteiger partial charge in [0.2, 0.25) is 21.8 Å². The standard InChI is InChI=1S/C27H28ClN3O4S/c1-19-8-14-23(15-9-19)36(34,35)30(18-26(32)29-25-6-3-5-24(28)20(25)2)17-21-10-12-22(13-11-21)31-16-4-7-27(31)33/h3,5-6,8-15H,4,7,16-18H2,1-2H3,(H,29,32). The molecule has 0 unspecified atom stereocenters. The van der Waals surface area contributed by atoms with Crippen LogP contribution in [0.1, 0.15) is 29.5 Å². The SMILES string of the molecule is Cc1ccc(S(=O)(=O)N(CC(=O)Nc2cccc(Cl)c2C)Cc2ccc(N3CCCC3=O)cc2)cc1. The van der Waals surface area contributed by atoms with Crippen molar-refractivity contribution < 1.29 is 18.0 Å². The molecule has 1 N–H and O–H groups in total. The monoisotopic (exact) mass is 525 g/mol. The molecule has 1 heterocycles. The summed E-state index contributed by atoms with van der Waals surface area (Å²) in [6, 6.07) is 18.9. The summed E-state index contributed by atoms with van der Waals surface area (Å²) in [5.41, 5.74) is 3.64. The Kier molecular flexibility index (Phi) is 7.78. The molecule has 3 aromatic carbocycles. The lowest BCUT2D eigenvalue weighted by molar-refractivity contribution is -0.117. The van der Waals surface area contributed by atoms with Crippen LogP contribution in [-0.4, -0.2) is 37.6 Å². The van der Waals surface area contributed by atoms with Crippen molar-refractivity contribution in [3.8, 4) is 0 Å². The summed E-state index contributed by atoms with van der Waals surface area (Å²) in [4.78, 5) is 26.9. The van der Waals surface area contributed by atoms with Crippen LogP contribution >= 0.6 is 11.6 Å². The highest BCUT2D eigenvalue weighted by atomic mass is 35.5. The number of nitrogens with zero attached hydrogens (tertiary/aromatic N) is 2. The number of sulfonamides is 1. The van der Waals surface area contributed by atoms with E-state index < -0.39 is 15.9 Å². The minimum absolute atomic E-state index is 0.00756. The highest BCUT2D eigenvalue weighted by molar-refractivity contribution is 7.89. The van der Waals surface area contributed by atoms with E-state index in [4.69, 9.17) is 11.6 Å². The zero-order valence-electron chi connectivity index (χ0n) is 20.2. The van der Waals surface area contributed by atoms with Gasteiger partial charge in [-0.25, -0.2) is 8.42 Å². The third-order valence-electron chi connectivity index (χ3n) is 6.20. The Morgan fingerprint density at radius 2 is 1.72 bits per heavy atom. The summed E-state index contributed by atoms with van der Waals surface area (Å²) in [5, 5.41) is 3.29. The smallest absolute Gasteiger partial charge is 0.243 e. The zero-order valence-corrected chi connectivity index (χ0v) is 21.8. The molecular formula is C27H28ClN3O4S. The number of hydrogen-bond acceptors (Lipinski definition) is 4. The van der Waals surface area contributed by atoms with Gasteiger partial charge < -0.3 is 10.2 Å². The molecule has 9 heteroatoms. The molecule has 0 aliphatic carbocycles. The Bertz CT molecular complexity index is 1370. The third-order valence-corrected chi connectivity index (χ3v) is 8.42. The van der Waals surface area contributed by atoms with Crippen molar-refractivity contribution >= 4 is 44.8 Å². The number of carbonyl (C=O) groups is 2. The van der Waals surface area contributed by atoms with Crippen molar-refractivity contribution in [3.63, 3.8) is 0 Å². The third kappa shape index (κ3) is 5.78. The fraction of sp³-hybridized carbons (Fsp3) is 0.259. The van der Waals surface area contributed by atoms with E-state index in [9.17, 15) is 18.0 Å². The van der Waals surface area contributed by atoms with E-state index in [0.29, 0.717) is 34.8 Å². The summed E-state index contributed by atoms with van der Waals surface area (Å²) < 4.78 is 28.3. The first kappa shape index (κ1) is 25.9. The summed E-state index contributed by atoms with van der Waals surface area (Å²) in [6.45, 7) is 3.95. The molecule has 0 radical (unpaired) electrons. The molecule has 3 aromatic rings. The van der Waals surface area contributed by atoms with E-state index >= 15 is 0 Å². The van der Waals surface area contributed by atoms with Gasteiger partial charge in [-0.2, -0.15) is 4.31 Å². The Morgan fingerprint density at radius 1 is 1.03 bits per heavy atom. The van der Waals surface area contributed by atoms with Crippen molar-refractivity contribution in [3.05, 3.63) is 88.4 Å². The molecular weight excluding hydrogens is 498 g/mol. The molecule has 1 saturated heterocycles. The normalized spacial score (nSPS) is 13.9. The number of nitrogens with one attached hydrogen (secondary N) is 1. The van der Waals surface area contributed by atoms with Gasteiger partial charge in [0.15, 0.2) is 0 Å². The molecule has 1 aliphatic rings. The van der Waals surface area contributed by atoms with Crippen LogP contribution in [0.5, 0.6) is 0 Å². The molecule has 36 heavy (non-hydrogen) atoms. The topological polar surface area (TPSA) is 86.8 Å². The van der Waals surface area contributed by atoms with E-state index in [2.05, 4.69) is 5.32 Å². The van der Waals surface area contributed by atoms with Crippen LogP contribution in [0, 0.1) is 13.8 Å². The van der Waals surface area contributed by atoms with Gasteiger partial charge in [-0.3, -0.25) is 9.59 Å². The van der Waals surface area contributed by atoms with Gasteiger partial charge in [-0.1, -0.05) is 47.5 Å². The highest BCUT2D eigenvalue weighted by Crippen LogP contribution is 2.25. The predicted molar refractivity (Wildman–Crippen MR) is 142 cm³/mol. The maximum Gasteiger partial charge on any atom is 0.243 e. The summed E-state index contributed by atoms with van der Waals surface area (Å²) in [6.07, 6.45) is 1.36. The molecule has 1 fully saturated rings. The van der Waals surface area contributed by atoms with E-state index in [0.717, 1.165) is 22.0 Å². The second-order valence-electron chi connectivity index (χ2n) is 8.86. The predicted octanol–water partition coefficient (Wildman–Crippen LogP) is 4.91. The van der Waals surface area contributed by atoms with Gasteiger partial charge in [-0.05, 0) is 67.8 Å². The van der Waals surface area contributed by atoms with Gasteiger partial charge in [0.05, 0.1) is 11.4 Å². The number of rotatable bonds is 8. The van der Waals surface area contributed by atoms with Crippen LogP contribution in [0.25, 0.3) is 0 Å². The molecule has 1 aliphatic heterocycles. The Morgan fingerprint density at radius 3 is 2.36 bits per heavy atom. The van der Waals surface area contributed by atoms with Crippen LogP contribution in [-0.2, 0) is 26.2 Å². The maximum atomic E-state index is 13.5.